The number of amides is 1. The molecule has 0 aliphatic carbocycles. The maximum absolute atomic E-state index is 12.5. The van der Waals surface area contributed by atoms with E-state index in [0.29, 0.717) is 5.57 Å². The normalized spacial score (nSPS) is 20.1. The number of alkyl halides is 2. The third-order valence-corrected chi connectivity index (χ3v) is 2.13. The molecule has 0 radical (unpaired) electrons. The lowest BCUT2D eigenvalue weighted by Crippen LogP contribution is -2.57. The fourth-order valence-electron chi connectivity index (χ4n) is 1.49. The molecule has 1 heterocycles. The van der Waals surface area contributed by atoms with Crippen LogP contribution in [0.1, 0.15) is 20.8 Å². The van der Waals surface area contributed by atoms with Crippen molar-refractivity contribution in [1.29, 1.82) is 0 Å². The van der Waals surface area contributed by atoms with Crippen molar-refractivity contribution < 1.29 is 13.6 Å². The van der Waals surface area contributed by atoms with Crippen molar-refractivity contribution in [3.63, 3.8) is 0 Å². The second-order valence-corrected chi connectivity index (χ2v) is 5.31. The molecule has 16 heavy (non-hydrogen) atoms. The molecule has 0 aromatic heterocycles. The van der Waals surface area contributed by atoms with Crippen molar-refractivity contribution in [3.8, 4) is 0 Å². The minimum absolute atomic E-state index is 0.206. The van der Waals surface area contributed by atoms with Crippen molar-refractivity contribution in [1.82, 2.24) is 10.2 Å². The van der Waals surface area contributed by atoms with E-state index in [1.54, 1.807) is 0 Å². The summed E-state index contributed by atoms with van der Waals surface area (Å²) in [4.78, 5) is 13.1. The Morgan fingerprint density at radius 2 is 1.94 bits per heavy atom. The first-order valence-electron chi connectivity index (χ1n) is 5.19. The zero-order chi connectivity index (χ0) is 12.6. The van der Waals surface area contributed by atoms with E-state index in [4.69, 9.17) is 0 Å². The third kappa shape index (κ3) is 3.89. The van der Waals surface area contributed by atoms with Crippen LogP contribution in [0.4, 0.5) is 8.78 Å². The number of hydrogen-bond donors (Lipinski definition) is 1. The Labute approximate surface area is 94.5 Å². The highest BCUT2D eigenvalue weighted by Gasteiger charge is 2.43. The van der Waals surface area contributed by atoms with E-state index < -0.39 is 5.92 Å². The van der Waals surface area contributed by atoms with Crippen LogP contribution in [-0.2, 0) is 4.79 Å². The van der Waals surface area contributed by atoms with E-state index in [0.717, 1.165) is 0 Å². The fourth-order valence-corrected chi connectivity index (χ4v) is 1.49. The summed E-state index contributed by atoms with van der Waals surface area (Å²) in [6.07, 6.45) is 0. The van der Waals surface area contributed by atoms with Gasteiger partial charge in [-0.2, -0.15) is 0 Å². The first kappa shape index (κ1) is 13.1. The number of hydrogen-bond acceptors (Lipinski definition) is 2. The van der Waals surface area contributed by atoms with Crippen LogP contribution in [0.15, 0.2) is 12.2 Å². The maximum atomic E-state index is 12.5. The van der Waals surface area contributed by atoms with Gasteiger partial charge in [-0.15, -0.1) is 0 Å². The van der Waals surface area contributed by atoms with Gasteiger partial charge in [-0.05, 0) is 20.8 Å². The summed E-state index contributed by atoms with van der Waals surface area (Å²) in [6, 6.07) is 0. The summed E-state index contributed by atoms with van der Waals surface area (Å²) in [5, 5.41) is 2.74. The smallest absolute Gasteiger partial charge is 0.272 e. The SMILES string of the molecule is C=C(CN1CC(F)(F)C1)C(=O)NC(C)(C)C. The molecule has 1 N–H and O–H groups in total. The van der Waals surface area contributed by atoms with Crippen LogP contribution in [0.3, 0.4) is 0 Å². The number of carbonyl (C=O) groups is 1. The lowest BCUT2D eigenvalue weighted by Gasteiger charge is -2.39. The average Bonchev–Trinajstić information content (AvgIpc) is 1.97. The molecule has 1 aliphatic heterocycles. The van der Waals surface area contributed by atoms with E-state index in [1.165, 1.54) is 4.90 Å². The Morgan fingerprint density at radius 3 is 2.31 bits per heavy atom. The van der Waals surface area contributed by atoms with Crippen molar-refractivity contribution in [2.24, 2.45) is 0 Å². The summed E-state index contributed by atoms with van der Waals surface area (Å²) in [5.74, 6) is -2.87. The number of nitrogens with one attached hydrogen (secondary N) is 1. The van der Waals surface area contributed by atoms with Crippen LogP contribution in [0.5, 0.6) is 0 Å². The summed E-state index contributed by atoms with van der Waals surface area (Å²) in [6.45, 7) is 8.82. The molecule has 0 bridgehead atoms. The molecule has 1 rings (SSSR count). The molecule has 1 fully saturated rings. The van der Waals surface area contributed by atoms with Crippen molar-refractivity contribution in [3.05, 3.63) is 12.2 Å². The van der Waals surface area contributed by atoms with Crippen LogP contribution in [0.25, 0.3) is 0 Å². The summed E-state index contributed by atoms with van der Waals surface area (Å²) in [7, 11) is 0. The topological polar surface area (TPSA) is 32.3 Å². The molecule has 0 spiro atoms. The first-order valence-corrected chi connectivity index (χ1v) is 5.19. The second kappa shape index (κ2) is 4.13. The van der Waals surface area contributed by atoms with E-state index in [2.05, 4.69) is 11.9 Å². The Balaban J connectivity index is 2.34. The fraction of sp³-hybridized carbons (Fsp3) is 0.727. The highest BCUT2D eigenvalue weighted by molar-refractivity contribution is 5.93. The lowest BCUT2D eigenvalue weighted by atomic mass is 10.1. The molecular formula is C11H18F2N2O. The van der Waals surface area contributed by atoms with Gasteiger partial charge in [0, 0.05) is 17.7 Å². The van der Waals surface area contributed by atoms with Gasteiger partial charge in [-0.3, -0.25) is 9.69 Å². The van der Waals surface area contributed by atoms with Gasteiger partial charge in [0.05, 0.1) is 13.1 Å². The van der Waals surface area contributed by atoms with Gasteiger partial charge in [0.1, 0.15) is 0 Å². The van der Waals surface area contributed by atoms with Crippen LogP contribution < -0.4 is 5.32 Å². The third-order valence-electron chi connectivity index (χ3n) is 2.13. The standard InChI is InChI=1S/C11H18F2N2O/c1-8(9(16)14-10(2,3)4)5-15-6-11(12,13)7-15/h1,5-7H2,2-4H3,(H,14,16). The van der Waals surface area contributed by atoms with E-state index in [9.17, 15) is 13.6 Å². The zero-order valence-electron chi connectivity index (χ0n) is 9.94. The predicted octanol–water partition coefficient (Wildman–Crippen LogP) is 1.41. The van der Waals surface area contributed by atoms with Crippen molar-refractivity contribution >= 4 is 5.91 Å². The molecule has 0 atom stereocenters. The largest absolute Gasteiger partial charge is 0.348 e. The molecule has 0 saturated carbocycles. The van der Waals surface area contributed by atoms with Gasteiger partial charge in [-0.1, -0.05) is 6.58 Å². The summed E-state index contributed by atoms with van der Waals surface area (Å²) in [5.41, 5.74) is -0.00995. The highest BCUT2D eigenvalue weighted by Crippen LogP contribution is 2.26. The quantitative estimate of drug-likeness (QED) is 0.746. The minimum Gasteiger partial charge on any atom is -0.348 e. The lowest BCUT2D eigenvalue weighted by molar-refractivity contribution is -0.131. The van der Waals surface area contributed by atoms with Gasteiger partial charge in [0.2, 0.25) is 5.91 Å². The van der Waals surface area contributed by atoms with Crippen LogP contribution in [0.2, 0.25) is 0 Å². The van der Waals surface area contributed by atoms with E-state index >= 15 is 0 Å². The Hall–Kier alpha value is -0.970. The zero-order valence-corrected chi connectivity index (χ0v) is 9.94. The number of carbonyl (C=O) groups excluding carboxylic acids is 1. The molecule has 0 aromatic carbocycles. The second-order valence-electron chi connectivity index (χ2n) is 5.31. The molecule has 1 aliphatic rings. The van der Waals surface area contributed by atoms with Crippen LogP contribution in [-0.4, -0.2) is 41.9 Å². The first-order chi connectivity index (χ1) is 7.09. The molecule has 3 nitrogen and oxygen atoms in total. The summed E-state index contributed by atoms with van der Waals surface area (Å²) < 4.78 is 25.1. The monoisotopic (exact) mass is 232 g/mol. The van der Waals surface area contributed by atoms with Crippen molar-refractivity contribution in [2.45, 2.75) is 32.2 Å². The Morgan fingerprint density at radius 1 is 1.44 bits per heavy atom. The van der Waals surface area contributed by atoms with Crippen molar-refractivity contribution in [2.75, 3.05) is 19.6 Å². The van der Waals surface area contributed by atoms with Crippen LogP contribution in [0, 0.1) is 0 Å². The molecule has 0 unspecified atom stereocenters. The highest BCUT2D eigenvalue weighted by atomic mass is 19.3. The molecule has 92 valence electrons. The van der Waals surface area contributed by atoms with Gasteiger partial charge in [-0.25, -0.2) is 8.78 Å². The predicted molar refractivity (Wildman–Crippen MR) is 58.4 cm³/mol. The van der Waals surface area contributed by atoms with Gasteiger partial charge >= 0.3 is 0 Å². The molecule has 0 aromatic rings. The Kier molecular flexibility index (Phi) is 3.38. The van der Waals surface area contributed by atoms with Gasteiger partial charge in [0.25, 0.3) is 5.92 Å². The maximum Gasteiger partial charge on any atom is 0.272 e. The Bertz CT molecular complexity index is 300. The molecule has 5 heteroatoms. The average molecular weight is 232 g/mol. The number of likely N-dealkylation sites (tertiary alicyclic amines) is 1. The van der Waals surface area contributed by atoms with Gasteiger partial charge < -0.3 is 5.32 Å². The number of nitrogens with zero attached hydrogens (tertiary/aromatic N) is 1. The number of halogens is 2. The molecule has 1 saturated heterocycles. The van der Waals surface area contributed by atoms with Gasteiger partial charge in [0.15, 0.2) is 0 Å². The van der Waals surface area contributed by atoms with Crippen LogP contribution >= 0.6 is 0 Å². The molecule has 1 amide bonds. The number of rotatable bonds is 3. The van der Waals surface area contributed by atoms with E-state index in [-0.39, 0.29) is 31.1 Å². The van der Waals surface area contributed by atoms with E-state index in [1.807, 2.05) is 20.8 Å². The minimum atomic E-state index is -2.60. The summed E-state index contributed by atoms with van der Waals surface area (Å²) >= 11 is 0. The molecular weight excluding hydrogens is 214 g/mol.